The third-order valence-electron chi connectivity index (χ3n) is 2.20. The van der Waals surface area contributed by atoms with E-state index in [4.69, 9.17) is 5.73 Å². The number of nitrogens with two attached hydrogens (primary N) is 1. The molecule has 0 saturated heterocycles. The van der Waals surface area contributed by atoms with Crippen LogP contribution in [0.1, 0.15) is 5.69 Å². The zero-order valence-electron chi connectivity index (χ0n) is 8.57. The molecule has 0 aromatic carbocycles. The fraction of sp³-hybridized carbons (Fsp3) is 0.0909. The Balaban J connectivity index is 2.51. The molecule has 3 nitrogen and oxygen atoms in total. The molecule has 0 spiro atoms. The zero-order chi connectivity index (χ0) is 12.5. The number of alkyl halides is 3. The minimum Gasteiger partial charge on any atom is -0.383 e. The van der Waals surface area contributed by atoms with Gasteiger partial charge >= 0.3 is 6.18 Å². The lowest BCUT2D eigenvalue weighted by Crippen LogP contribution is -2.07. The van der Waals surface area contributed by atoms with E-state index in [0.717, 1.165) is 12.3 Å². The monoisotopic (exact) mass is 239 g/mol. The summed E-state index contributed by atoms with van der Waals surface area (Å²) in [5.74, 6) is 0.187. The van der Waals surface area contributed by atoms with Gasteiger partial charge in [-0.1, -0.05) is 0 Å². The predicted molar refractivity (Wildman–Crippen MR) is 56.9 cm³/mol. The van der Waals surface area contributed by atoms with Crippen LogP contribution < -0.4 is 5.73 Å². The van der Waals surface area contributed by atoms with Gasteiger partial charge in [-0.2, -0.15) is 13.2 Å². The lowest BCUT2D eigenvalue weighted by Gasteiger charge is -2.08. The van der Waals surface area contributed by atoms with Crippen molar-refractivity contribution in [2.75, 3.05) is 5.73 Å². The van der Waals surface area contributed by atoms with Crippen LogP contribution in [0.25, 0.3) is 11.1 Å². The summed E-state index contributed by atoms with van der Waals surface area (Å²) in [6, 6.07) is 5.63. The molecule has 2 heterocycles. The summed E-state index contributed by atoms with van der Waals surface area (Å²) in [5, 5.41) is 0. The SMILES string of the molecule is Nc1ncccc1-c1ccnc(C(F)(F)F)c1. The molecular formula is C11H8F3N3. The van der Waals surface area contributed by atoms with E-state index < -0.39 is 11.9 Å². The highest BCUT2D eigenvalue weighted by molar-refractivity contribution is 5.73. The van der Waals surface area contributed by atoms with Crippen LogP contribution in [-0.4, -0.2) is 9.97 Å². The predicted octanol–water partition coefficient (Wildman–Crippen LogP) is 2.74. The molecule has 0 radical (unpaired) electrons. The van der Waals surface area contributed by atoms with E-state index in [1.165, 1.54) is 12.3 Å². The molecular weight excluding hydrogens is 231 g/mol. The summed E-state index contributed by atoms with van der Waals surface area (Å²) < 4.78 is 37.4. The summed E-state index contributed by atoms with van der Waals surface area (Å²) in [6.07, 6.45) is -1.89. The maximum Gasteiger partial charge on any atom is 0.433 e. The number of nitrogens with zero attached hydrogens (tertiary/aromatic N) is 2. The van der Waals surface area contributed by atoms with Crippen LogP contribution in [0.4, 0.5) is 19.0 Å². The van der Waals surface area contributed by atoms with E-state index in [1.807, 2.05) is 0 Å². The fourth-order valence-corrected chi connectivity index (χ4v) is 1.41. The number of nitrogen functional groups attached to an aromatic ring is 1. The standard InChI is InChI=1S/C11H8F3N3/c12-11(13,14)9-6-7(3-5-16-9)8-2-1-4-17-10(8)15/h1-6H,(H2,15,17). The number of halogens is 3. The molecule has 2 aromatic rings. The molecule has 0 unspecified atom stereocenters. The highest BCUT2D eigenvalue weighted by atomic mass is 19.4. The maximum absolute atomic E-state index is 12.5. The lowest BCUT2D eigenvalue weighted by atomic mass is 10.1. The Morgan fingerprint density at radius 1 is 1.06 bits per heavy atom. The van der Waals surface area contributed by atoms with E-state index in [2.05, 4.69) is 9.97 Å². The first-order valence-electron chi connectivity index (χ1n) is 4.72. The average Bonchev–Trinajstić information content (AvgIpc) is 2.29. The molecule has 6 heteroatoms. The van der Waals surface area contributed by atoms with Crippen molar-refractivity contribution in [3.63, 3.8) is 0 Å². The van der Waals surface area contributed by atoms with Crippen LogP contribution in [0.5, 0.6) is 0 Å². The number of rotatable bonds is 1. The van der Waals surface area contributed by atoms with Crippen molar-refractivity contribution in [1.82, 2.24) is 9.97 Å². The van der Waals surface area contributed by atoms with Crippen LogP contribution in [-0.2, 0) is 6.18 Å². The third kappa shape index (κ3) is 2.35. The Bertz CT molecular complexity index is 537. The van der Waals surface area contributed by atoms with Gasteiger partial charge in [0.05, 0.1) is 0 Å². The van der Waals surface area contributed by atoms with E-state index in [-0.39, 0.29) is 5.82 Å². The largest absolute Gasteiger partial charge is 0.433 e. The highest BCUT2D eigenvalue weighted by Crippen LogP contribution is 2.31. The molecule has 0 fully saturated rings. The van der Waals surface area contributed by atoms with Gasteiger partial charge < -0.3 is 5.73 Å². The molecule has 2 aromatic heterocycles. The van der Waals surface area contributed by atoms with Crippen molar-refractivity contribution in [2.24, 2.45) is 0 Å². The highest BCUT2D eigenvalue weighted by Gasteiger charge is 2.32. The van der Waals surface area contributed by atoms with Crippen molar-refractivity contribution >= 4 is 5.82 Å². The van der Waals surface area contributed by atoms with Crippen LogP contribution in [0.2, 0.25) is 0 Å². The van der Waals surface area contributed by atoms with Crippen molar-refractivity contribution in [3.8, 4) is 11.1 Å². The Labute approximate surface area is 95.1 Å². The summed E-state index contributed by atoms with van der Waals surface area (Å²) in [7, 11) is 0. The minimum absolute atomic E-state index is 0.187. The molecule has 17 heavy (non-hydrogen) atoms. The Kier molecular flexibility index (Phi) is 2.71. The first-order chi connectivity index (χ1) is 7.98. The summed E-state index contributed by atoms with van der Waals surface area (Å²) in [4.78, 5) is 7.10. The number of pyridine rings is 2. The molecule has 2 N–H and O–H groups in total. The zero-order valence-corrected chi connectivity index (χ0v) is 8.57. The van der Waals surface area contributed by atoms with Gasteiger partial charge in [-0.15, -0.1) is 0 Å². The summed E-state index contributed by atoms with van der Waals surface area (Å²) >= 11 is 0. The number of hydrogen-bond donors (Lipinski definition) is 1. The van der Waals surface area contributed by atoms with E-state index in [0.29, 0.717) is 11.1 Å². The molecule has 0 saturated carbocycles. The molecule has 0 atom stereocenters. The average molecular weight is 239 g/mol. The third-order valence-corrected chi connectivity index (χ3v) is 2.20. The van der Waals surface area contributed by atoms with Gasteiger partial charge in [0.2, 0.25) is 0 Å². The van der Waals surface area contributed by atoms with Crippen LogP contribution in [0.3, 0.4) is 0 Å². The van der Waals surface area contributed by atoms with Gasteiger partial charge in [-0.05, 0) is 29.8 Å². The van der Waals surface area contributed by atoms with Crippen molar-refractivity contribution in [3.05, 3.63) is 42.4 Å². The maximum atomic E-state index is 12.5. The number of hydrogen-bond acceptors (Lipinski definition) is 3. The minimum atomic E-state index is -4.47. The fourth-order valence-electron chi connectivity index (χ4n) is 1.41. The number of anilines is 1. The Hall–Kier alpha value is -2.11. The van der Waals surface area contributed by atoms with Crippen LogP contribution >= 0.6 is 0 Å². The molecule has 88 valence electrons. The second kappa shape index (κ2) is 4.04. The molecule has 0 bridgehead atoms. The van der Waals surface area contributed by atoms with Gasteiger partial charge in [0.1, 0.15) is 11.5 Å². The van der Waals surface area contributed by atoms with Crippen molar-refractivity contribution < 1.29 is 13.2 Å². The molecule has 0 aliphatic carbocycles. The van der Waals surface area contributed by atoms with Crippen molar-refractivity contribution in [2.45, 2.75) is 6.18 Å². The molecule has 0 aliphatic rings. The smallest absolute Gasteiger partial charge is 0.383 e. The van der Waals surface area contributed by atoms with Gasteiger partial charge in [0, 0.05) is 18.0 Å². The molecule has 0 amide bonds. The second-order valence-electron chi connectivity index (χ2n) is 3.36. The first-order valence-corrected chi connectivity index (χ1v) is 4.72. The van der Waals surface area contributed by atoms with Gasteiger partial charge in [0.15, 0.2) is 0 Å². The van der Waals surface area contributed by atoms with E-state index >= 15 is 0 Å². The summed E-state index contributed by atoms with van der Waals surface area (Å²) in [5.41, 5.74) is 5.46. The first kappa shape index (κ1) is 11.4. The second-order valence-corrected chi connectivity index (χ2v) is 3.36. The molecule has 2 rings (SSSR count). The Morgan fingerprint density at radius 2 is 1.82 bits per heavy atom. The van der Waals surface area contributed by atoms with Crippen LogP contribution in [0, 0.1) is 0 Å². The Morgan fingerprint density at radius 3 is 2.47 bits per heavy atom. The topological polar surface area (TPSA) is 51.8 Å². The molecule has 0 aliphatic heterocycles. The van der Waals surface area contributed by atoms with Gasteiger partial charge in [-0.3, -0.25) is 4.98 Å². The quantitative estimate of drug-likeness (QED) is 0.832. The van der Waals surface area contributed by atoms with E-state index in [1.54, 1.807) is 12.1 Å². The van der Waals surface area contributed by atoms with Crippen LogP contribution in [0.15, 0.2) is 36.7 Å². The van der Waals surface area contributed by atoms with E-state index in [9.17, 15) is 13.2 Å². The van der Waals surface area contributed by atoms with Crippen molar-refractivity contribution in [1.29, 1.82) is 0 Å². The number of aromatic nitrogens is 2. The normalized spacial score (nSPS) is 11.5. The van der Waals surface area contributed by atoms with Gasteiger partial charge in [0.25, 0.3) is 0 Å². The lowest BCUT2D eigenvalue weighted by molar-refractivity contribution is -0.141. The summed E-state index contributed by atoms with van der Waals surface area (Å²) in [6.45, 7) is 0. The van der Waals surface area contributed by atoms with Gasteiger partial charge in [-0.25, -0.2) is 4.98 Å².